The maximum atomic E-state index is 9.71. The van der Waals surface area contributed by atoms with E-state index in [0.29, 0.717) is 0 Å². The Hall–Kier alpha value is 0.323. The van der Waals surface area contributed by atoms with Gasteiger partial charge in [-0.15, -0.1) is 0 Å². The van der Waals surface area contributed by atoms with Crippen molar-refractivity contribution in [2.45, 2.75) is 26.1 Å². The Labute approximate surface area is 101 Å². The third-order valence-electron chi connectivity index (χ3n) is 0.682. The third-order valence-corrected chi connectivity index (χ3v) is 1.36. The molecule has 0 saturated carbocycles. The molecule has 0 aromatic heterocycles. The predicted molar refractivity (Wildman–Crippen MR) is 48.1 cm³/mol. The Kier molecular flexibility index (Phi) is 15.2. The smallest absolute Gasteiger partial charge is 0.739 e. The molecule has 2 N–H and O–H groups in total. The number of rotatable bonds is 2. The van der Waals surface area contributed by atoms with Gasteiger partial charge in [0.25, 0.3) is 0 Å². The van der Waals surface area contributed by atoms with Gasteiger partial charge in [-0.1, -0.05) is 0 Å². The van der Waals surface area contributed by atoms with E-state index in [2.05, 4.69) is 25.3 Å². The van der Waals surface area contributed by atoms with Crippen molar-refractivity contribution in [3.8, 4) is 0 Å². The Morgan fingerprint density at radius 2 is 1.08 bits per heavy atom. The molecular formula is C6H10O4S2Zn. The monoisotopic (exact) mass is 274 g/mol. The first-order valence-corrected chi connectivity index (χ1v) is 3.88. The average molecular weight is 276 g/mol. The zero-order valence-electron chi connectivity index (χ0n) is 7.39. The summed E-state index contributed by atoms with van der Waals surface area (Å²) >= 11 is 8.03. The van der Waals surface area contributed by atoms with Gasteiger partial charge in [0.2, 0.25) is 0 Å². The van der Waals surface area contributed by atoms with Gasteiger partial charge >= 0.3 is 19.5 Å². The van der Waals surface area contributed by atoms with Gasteiger partial charge in [-0.25, -0.2) is 0 Å². The van der Waals surface area contributed by atoms with E-state index in [0.717, 1.165) is 0 Å². The first kappa shape index (κ1) is 19.0. The largest absolute Gasteiger partial charge is 2.00 e. The fraction of sp³-hybridized carbons (Fsp3) is 0.667. The fourth-order valence-electron chi connectivity index (χ4n) is 0. The van der Waals surface area contributed by atoms with Crippen LogP contribution in [0.1, 0.15) is 13.8 Å². The van der Waals surface area contributed by atoms with Crippen LogP contribution in [0.25, 0.3) is 0 Å². The number of carbonyl (C=O) groups is 2. The van der Waals surface area contributed by atoms with Crippen molar-refractivity contribution in [1.29, 1.82) is 0 Å². The second-order valence-electron chi connectivity index (χ2n) is 1.99. The molecule has 72 valence electrons. The first-order valence-electron chi connectivity index (χ1n) is 3.06. The number of hydrogen-bond donors (Lipinski definition) is 2. The normalized spacial score (nSPS) is 12.6. The molecule has 0 saturated heterocycles. The quantitative estimate of drug-likeness (QED) is 0.491. The molecule has 0 radical (unpaired) electrons. The van der Waals surface area contributed by atoms with E-state index in [-0.39, 0.29) is 19.5 Å². The molecule has 2 unspecified atom stereocenters. The minimum atomic E-state index is -0.972. The molecule has 0 amide bonds. The standard InChI is InChI=1S/2C3H6O2S.Zn/c2*1-2(4)3(5)6;/h2*2,4H,1H3,(H,5,6);/q;;+2/p-2. The van der Waals surface area contributed by atoms with E-state index in [1.165, 1.54) is 13.8 Å². The molecule has 0 rings (SSSR count). The van der Waals surface area contributed by atoms with E-state index >= 15 is 0 Å². The van der Waals surface area contributed by atoms with Crippen LogP contribution in [-0.2, 0) is 54.3 Å². The summed E-state index contributed by atoms with van der Waals surface area (Å²) in [6, 6.07) is 0. The minimum Gasteiger partial charge on any atom is -0.739 e. The van der Waals surface area contributed by atoms with Gasteiger partial charge in [-0.3, -0.25) is 0 Å². The Balaban J connectivity index is -0.000000143. The number of hydrogen-bond acceptors (Lipinski definition) is 6. The van der Waals surface area contributed by atoms with E-state index < -0.39 is 22.4 Å². The van der Waals surface area contributed by atoms with Crippen molar-refractivity contribution in [2.75, 3.05) is 0 Å². The Morgan fingerprint density at radius 1 is 1.00 bits per heavy atom. The van der Waals surface area contributed by atoms with Gasteiger partial charge in [0.05, 0.1) is 12.2 Å². The van der Waals surface area contributed by atoms with Gasteiger partial charge < -0.3 is 45.1 Å². The number of carbonyl (C=O) groups excluding carboxylic acids is 2. The maximum absolute atomic E-state index is 9.71. The van der Waals surface area contributed by atoms with Crippen LogP contribution in [-0.4, -0.2) is 32.7 Å². The summed E-state index contributed by atoms with van der Waals surface area (Å²) in [5.74, 6) is 0. The van der Waals surface area contributed by atoms with Crippen LogP contribution in [0, 0.1) is 0 Å². The zero-order valence-corrected chi connectivity index (χ0v) is 12.0. The Morgan fingerprint density at radius 3 is 1.08 bits per heavy atom. The molecule has 0 bridgehead atoms. The zero-order chi connectivity index (χ0) is 10.3. The van der Waals surface area contributed by atoms with Crippen LogP contribution in [0.2, 0.25) is 0 Å². The van der Waals surface area contributed by atoms with Crippen molar-refractivity contribution >= 4 is 35.5 Å². The molecule has 0 spiro atoms. The SMILES string of the molecule is CC(O)C(=O)[S-].CC(O)C(=O)[S-].[Zn+2]. The average Bonchev–Trinajstić information content (AvgIpc) is 1.88. The Bertz CT molecular complexity index is 143. The van der Waals surface area contributed by atoms with E-state index in [1.54, 1.807) is 0 Å². The van der Waals surface area contributed by atoms with E-state index in [4.69, 9.17) is 10.2 Å². The van der Waals surface area contributed by atoms with Gasteiger partial charge in [-0.2, -0.15) is 0 Å². The van der Waals surface area contributed by atoms with E-state index in [1.807, 2.05) is 0 Å². The number of aliphatic hydroxyl groups excluding tert-OH is 2. The summed E-state index contributed by atoms with van der Waals surface area (Å²) in [6.45, 7) is 2.69. The molecule has 0 aliphatic rings. The maximum Gasteiger partial charge on any atom is 2.00 e. The van der Waals surface area contributed by atoms with Crippen LogP contribution in [0.4, 0.5) is 0 Å². The summed E-state index contributed by atoms with van der Waals surface area (Å²) < 4.78 is 0. The molecule has 7 heteroatoms. The van der Waals surface area contributed by atoms with Crippen LogP contribution < -0.4 is 0 Å². The molecule has 0 aromatic carbocycles. The van der Waals surface area contributed by atoms with Gasteiger partial charge in [0.15, 0.2) is 0 Å². The van der Waals surface area contributed by atoms with Crippen molar-refractivity contribution in [3.63, 3.8) is 0 Å². The minimum absolute atomic E-state index is 0. The molecule has 4 nitrogen and oxygen atoms in total. The summed E-state index contributed by atoms with van der Waals surface area (Å²) in [5, 5.41) is 15.1. The molecule has 2 atom stereocenters. The molecule has 13 heavy (non-hydrogen) atoms. The van der Waals surface area contributed by atoms with Crippen LogP contribution in [0.15, 0.2) is 0 Å². The van der Waals surface area contributed by atoms with Crippen molar-refractivity contribution < 1.29 is 39.3 Å². The van der Waals surface area contributed by atoms with Crippen molar-refractivity contribution in [3.05, 3.63) is 0 Å². The fourth-order valence-corrected chi connectivity index (χ4v) is 0. The summed E-state index contributed by atoms with van der Waals surface area (Å²) in [5.41, 5.74) is 0. The van der Waals surface area contributed by atoms with Gasteiger partial charge in [0.1, 0.15) is 0 Å². The summed E-state index contributed by atoms with van der Waals surface area (Å²) in [4.78, 5) is 19.4. The van der Waals surface area contributed by atoms with Crippen LogP contribution in [0.5, 0.6) is 0 Å². The van der Waals surface area contributed by atoms with Crippen molar-refractivity contribution in [1.82, 2.24) is 0 Å². The van der Waals surface area contributed by atoms with Gasteiger partial charge in [-0.05, 0) is 13.8 Å². The van der Waals surface area contributed by atoms with Crippen LogP contribution >= 0.6 is 0 Å². The van der Waals surface area contributed by atoms with Crippen molar-refractivity contribution in [2.24, 2.45) is 0 Å². The summed E-state index contributed by atoms with van der Waals surface area (Å²) in [6.07, 6.45) is -1.94. The molecule has 0 heterocycles. The molecule has 0 aliphatic carbocycles. The topological polar surface area (TPSA) is 74.6 Å². The number of aliphatic hydroxyl groups is 2. The second kappa shape index (κ2) is 10.4. The summed E-state index contributed by atoms with van der Waals surface area (Å²) in [7, 11) is 0. The van der Waals surface area contributed by atoms with E-state index in [9.17, 15) is 9.59 Å². The second-order valence-corrected chi connectivity index (χ2v) is 2.79. The predicted octanol–water partition coefficient (Wildman–Crippen LogP) is -1.12. The molecule has 0 aromatic rings. The first-order chi connectivity index (χ1) is 5.29. The third kappa shape index (κ3) is 19.0. The molecular weight excluding hydrogens is 266 g/mol. The molecule has 0 fully saturated rings. The van der Waals surface area contributed by atoms with Gasteiger partial charge in [0, 0.05) is 10.2 Å². The van der Waals surface area contributed by atoms with Crippen LogP contribution in [0.3, 0.4) is 0 Å². The molecule has 0 aliphatic heterocycles.